The van der Waals surface area contributed by atoms with Crippen LogP contribution in [0, 0.1) is 0 Å². The number of alkyl halides is 1. The van der Waals surface area contributed by atoms with E-state index in [9.17, 15) is 4.79 Å². The van der Waals surface area contributed by atoms with Gasteiger partial charge in [0.2, 0.25) is 5.91 Å². The number of hydrogen-bond donors (Lipinski definition) is 1. The summed E-state index contributed by atoms with van der Waals surface area (Å²) in [5, 5.41) is 5.61. The van der Waals surface area contributed by atoms with E-state index in [1.165, 1.54) is 49.9 Å². The highest BCUT2D eigenvalue weighted by atomic mass is 35.5. The quantitative estimate of drug-likeness (QED) is 0.295. The summed E-state index contributed by atoms with van der Waals surface area (Å²) >= 11 is 6.04. The van der Waals surface area contributed by atoms with Gasteiger partial charge in [-0.25, -0.2) is 0 Å². The topological polar surface area (TPSA) is 32.3 Å². The number of aryl methyl sites for hydroxylation is 1. The van der Waals surface area contributed by atoms with Crippen LogP contribution in [-0.2, 0) is 11.2 Å². The van der Waals surface area contributed by atoms with E-state index in [0.717, 1.165) is 17.7 Å². The molecule has 2 aliphatic rings. The fourth-order valence-corrected chi connectivity index (χ4v) is 6.42. The Kier molecular flexibility index (Phi) is 5.61. The zero-order chi connectivity index (χ0) is 25.0. The van der Waals surface area contributed by atoms with Gasteiger partial charge in [0, 0.05) is 42.7 Å². The van der Waals surface area contributed by atoms with Crippen LogP contribution < -0.4 is 10.2 Å². The van der Waals surface area contributed by atoms with Crippen LogP contribution in [0.1, 0.15) is 46.6 Å². The maximum Gasteiger partial charge on any atom is 0.232 e. The van der Waals surface area contributed by atoms with Crippen molar-refractivity contribution in [1.29, 1.82) is 0 Å². The Morgan fingerprint density at radius 1 is 0.833 bits per heavy atom. The van der Waals surface area contributed by atoms with E-state index in [2.05, 4.69) is 104 Å². The third-order valence-corrected chi connectivity index (χ3v) is 7.98. The largest absolute Gasteiger partial charge is 0.377 e. The van der Waals surface area contributed by atoms with Crippen LogP contribution >= 0.6 is 11.6 Å². The van der Waals surface area contributed by atoms with Crippen LogP contribution in [0.3, 0.4) is 0 Å². The summed E-state index contributed by atoms with van der Waals surface area (Å²) in [5.74, 6) is 0.356. The summed E-state index contributed by atoms with van der Waals surface area (Å²) in [6, 6.07) is 28.0. The highest BCUT2D eigenvalue weighted by molar-refractivity contribution is 6.18. The number of fused-ring (bicyclic) bond motifs is 3. The van der Waals surface area contributed by atoms with Gasteiger partial charge in [-0.1, -0.05) is 72.3 Å². The van der Waals surface area contributed by atoms with Crippen molar-refractivity contribution in [3.63, 3.8) is 0 Å². The number of allylic oxidation sites excluding steroid dienone is 1. The van der Waals surface area contributed by atoms with Crippen molar-refractivity contribution in [3.05, 3.63) is 112 Å². The lowest BCUT2D eigenvalue weighted by Crippen LogP contribution is -2.19. The molecule has 0 bridgehead atoms. The number of nitrogens with zero attached hydrogens (tertiary/aromatic N) is 1. The van der Waals surface area contributed by atoms with Crippen LogP contribution in [-0.4, -0.2) is 25.9 Å². The summed E-state index contributed by atoms with van der Waals surface area (Å²) in [5.41, 5.74) is 10.5. The number of halogens is 1. The van der Waals surface area contributed by atoms with Gasteiger partial charge in [-0.3, -0.25) is 4.79 Å². The fourth-order valence-electron chi connectivity index (χ4n) is 6.21. The van der Waals surface area contributed by atoms with Crippen LogP contribution in [0.5, 0.6) is 0 Å². The molecular formula is C32H29ClN2O. The Hall–Kier alpha value is -3.56. The number of carbonyl (C=O) groups excluding carboxylic acids is 1. The van der Waals surface area contributed by atoms with Gasteiger partial charge in [-0.05, 0) is 64.3 Å². The van der Waals surface area contributed by atoms with Crippen molar-refractivity contribution in [2.24, 2.45) is 0 Å². The first-order valence-electron chi connectivity index (χ1n) is 12.5. The molecule has 0 saturated carbocycles. The average Bonchev–Trinajstić information content (AvgIpc) is 3.35. The number of nitrogens with one attached hydrogen (secondary N) is 1. The smallest absolute Gasteiger partial charge is 0.232 e. The molecule has 1 amide bonds. The molecule has 4 aromatic rings. The molecule has 1 N–H and O–H groups in total. The molecule has 1 aliphatic carbocycles. The van der Waals surface area contributed by atoms with Gasteiger partial charge >= 0.3 is 0 Å². The SMILES string of the molecule is CC1=C(c2ccc(N(C)C)c3ccccc23)c2ccccc2C1C1C(=O)Nc2ccc(CCCl)cc21. The van der Waals surface area contributed by atoms with Gasteiger partial charge in [-0.15, -0.1) is 11.6 Å². The molecule has 0 fully saturated rings. The molecule has 3 nitrogen and oxygen atoms in total. The van der Waals surface area contributed by atoms with Crippen molar-refractivity contribution in [3.8, 4) is 0 Å². The van der Waals surface area contributed by atoms with Crippen molar-refractivity contribution in [1.82, 2.24) is 0 Å². The Balaban J connectivity index is 1.57. The predicted octanol–water partition coefficient (Wildman–Crippen LogP) is 7.34. The highest BCUT2D eigenvalue weighted by Crippen LogP contribution is 2.54. The molecule has 0 spiro atoms. The van der Waals surface area contributed by atoms with E-state index in [1.807, 2.05) is 6.07 Å². The third-order valence-electron chi connectivity index (χ3n) is 7.79. The summed E-state index contributed by atoms with van der Waals surface area (Å²) in [6.07, 6.45) is 0.793. The van der Waals surface area contributed by atoms with Gasteiger partial charge in [-0.2, -0.15) is 0 Å². The molecule has 0 saturated heterocycles. The van der Waals surface area contributed by atoms with Gasteiger partial charge in [0.25, 0.3) is 0 Å². The third kappa shape index (κ3) is 3.45. The zero-order valence-electron chi connectivity index (χ0n) is 20.8. The lowest BCUT2D eigenvalue weighted by molar-refractivity contribution is -0.117. The first-order chi connectivity index (χ1) is 17.5. The van der Waals surface area contributed by atoms with Gasteiger partial charge in [0.05, 0.1) is 5.92 Å². The van der Waals surface area contributed by atoms with Crippen molar-refractivity contribution >= 4 is 45.2 Å². The molecule has 0 radical (unpaired) electrons. The molecule has 2 unspecified atom stereocenters. The van der Waals surface area contributed by atoms with Gasteiger partial charge < -0.3 is 10.2 Å². The Labute approximate surface area is 217 Å². The lowest BCUT2D eigenvalue weighted by atomic mass is 9.79. The van der Waals surface area contributed by atoms with Crippen LogP contribution in [0.4, 0.5) is 11.4 Å². The number of rotatable bonds is 5. The van der Waals surface area contributed by atoms with Crippen LogP contribution in [0.25, 0.3) is 16.3 Å². The second kappa shape index (κ2) is 8.83. The molecule has 1 heterocycles. The van der Waals surface area contributed by atoms with E-state index in [4.69, 9.17) is 11.6 Å². The second-order valence-electron chi connectivity index (χ2n) is 10.0. The summed E-state index contributed by atoms with van der Waals surface area (Å²) < 4.78 is 0. The zero-order valence-corrected chi connectivity index (χ0v) is 21.6. The number of anilines is 2. The average molecular weight is 493 g/mol. The van der Waals surface area contributed by atoms with Crippen LogP contribution in [0.15, 0.2) is 84.4 Å². The molecule has 4 heteroatoms. The number of benzene rings is 4. The molecule has 2 atom stereocenters. The van der Waals surface area contributed by atoms with Crippen molar-refractivity contribution < 1.29 is 4.79 Å². The number of hydrogen-bond acceptors (Lipinski definition) is 2. The van der Waals surface area contributed by atoms with Gasteiger partial charge in [0.15, 0.2) is 0 Å². The highest BCUT2D eigenvalue weighted by Gasteiger charge is 2.43. The molecule has 36 heavy (non-hydrogen) atoms. The molecule has 0 aromatic heterocycles. The fraction of sp³-hybridized carbons (Fsp3) is 0.219. The van der Waals surface area contributed by atoms with Crippen LogP contribution in [0.2, 0.25) is 0 Å². The van der Waals surface area contributed by atoms with Crippen molar-refractivity contribution in [2.75, 3.05) is 30.2 Å². The summed E-state index contributed by atoms with van der Waals surface area (Å²) in [6.45, 7) is 2.21. The first-order valence-corrected chi connectivity index (χ1v) is 13.0. The normalized spacial score (nSPS) is 18.4. The first kappa shape index (κ1) is 22.9. The standard InChI is InChI=1S/C32H29ClN2O/c1-19-29(25-13-15-28(35(2)3)22-9-5-4-8-21(22)25)23-10-6-7-11-24(23)30(19)31-26-18-20(16-17-33)12-14-27(26)34-32(31)36/h4-15,18,30-31H,16-17H2,1-3H3,(H,34,36). The number of amides is 1. The minimum atomic E-state index is -0.263. The minimum Gasteiger partial charge on any atom is -0.377 e. The van der Waals surface area contributed by atoms with E-state index in [-0.39, 0.29) is 17.7 Å². The van der Waals surface area contributed by atoms with E-state index >= 15 is 0 Å². The lowest BCUT2D eigenvalue weighted by Gasteiger charge is -2.21. The predicted molar refractivity (Wildman–Crippen MR) is 151 cm³/mol. The van der Waals surface area contributed by atoms with Gasteiger partial charge in [0.1, 0.15) is 0 Å². The Bertz CT molecular complexity index is 1550. The molecule has 180 valence electrons. The summed E-state index contributed by atoms with van der Waals surface area (Å²) in [7, 11) is 4.17. The van der Waals surface area contributed by atoms with Crippen molar-refractivity contribution in [2.45, 2.75) is 25.2 Å². The number of carbonyl (C=O) groups is 1. The monoisotopic (exact) mass is 492 g/mol. The summed E-state index contributed by atoms with van der Waals surface area (Å²) in [4.78, 5) is 15.6. The maximum absolute atomic E-state index is 13.5. The minimum absolute atomic E-state index is 0.0176. The molecule has 6 rings (SSSR count). The molecule has 1 aliphatic heterocycles. The second-order valence-corrected chi connectivity index (χ2v) is 10.4. The van der Waals surface area contributed by atoms with E-state index in [1.54, 1.807) is 0 Å². The molecule has 4 aromatic carbocycles. The molecular weight excluding hydrogens is 464 g/mol. The van der Waals surface area contributed by atoms with E-state index < -0.39 is 0 Å². The maximum atomic E-state index is 13.5. The Morgan fingerprint density at radius 2 is 1.58 bits per heavy atom. The Morgan fingerprint density at radius 3 is 2.36 bits per heavy atom. The van der Waals surface area contributed by atoms with E-state index in [0.29, 0.717) is 5.88 Å².